The number of nitrogens with zero attached hydrogens (tertiary/aromatic N) is 2. The Kier molecular flexibility index (Phi) is 12.0. The van der Waals surface area contributed by atoms with Crippen molar-refractivity contribution >= 4 is 10.8 Å². The molecule has 2 aromatic heterocycles. The van der Waals surface area contributed by atoms with Crippen LogP contribution >= 0.6 is 0 Å². The molecule has 0 atom stereocenters. The SMILES string of the molecule is [Ir].[Y].[c-]1ccc2c(n1)-c1[c-]cccc1CO2.[c-]1ccccc1.[c-]1ccccc1-c1cc2ccccc2cn1. The zero-order chi connectivity index (χ0) is 24.4. The van der Waals surface area contributed by atoms with Gasteiger partial charge in [-0.3, -0.25) is 0 Å². The number of rotatable bonds is 1. The summed E-state index contributed by atoms with van der Waals surface area (Å²) < 4.78 is 5.55. The Hall–Kier alpha value is -3.01. The second-order valence-corrected chi connectivity index (χ2v) is 7.92. The van der Waals surface area contributed by atoms with Crippen molar-refractivity contribution in [3.63, 3.8) is 0 Å². The Morgan fingerprint density at radius 2 is 1.47 bits per heavy atom. The van der Waals surface area contributed by atoms with Crippen LogP contribution in [0.4, 0.5) is 0 Å². The molecular formula is C33H22IrN2OY-4. The molecule has 0 saturated carbocycles. The van der Waals surface area contributed by atoms with Gasteiger partial charge in [-0.2, -0.15) is 42.5 Å². The smallest absolute Gasteiger partial charge is 0.0778 e. The van der Waals surface area contributed by atoms with Crippen LogP contribution in [-0.4, -0.2) is 9.97 Å². The molecule has 6 aromatic rings. The van der Waals surface area contributed by atoms with Gasteiger partial charge >= 0.3 is 0 Å². The van der Waals surface area contributed by atoms with Crippen LogP contribution in [0.2, 0.25) is 0 Å². The first kappa shape index (κ1) is 29.5. The molecule has 2 radical (unpaired) electrons. The molecule has 38 heavy (non-hydrogen) atoms. The van der Waals surface area contributed by atoms with Gasteiger partial charge in [0.15, 0.2) is 0 Å². The van der Waals surface area contributed by atoms with Gasteiger partial charge in [-0.25, -0.2) is 0 Å². The minimum absolute atomic E-state index is 0. The maximum absolute atomic E-state index is 5.55. The summed E-state index contributed by atoms with van der Waals surface area (Å²) >= 11 is 0. The predicted octanol–water partition coefficient (Wildman–Crippen LogP) is 7.43. The number of hydrogen-bond acceptors (Lipinski definition) is 3. The number of ether oxygens (including phenoxy) is 1. The molecule has 1 aliphatic heterocycles. The number of hydrogen-bond donors (Lipinski definition) is 0. The molecule has 3 nitrogen and oxygen atoms in total. The summed E-state index contributed by atoms with van der Waals surface area (Å²) in [6.07, 6.45) is 4.72. The molecule has 5 heteroatoms. The Morgan fingerprint density at radius 1 is 0.711 bits per heavy atom. The van der Waals surface area contributed by atoms with Crippen molar-refractivity contribution in [1.82, 2.24) is 9.97 Å². The number of fused-ring (bicyclic) bond motifs is 4. The van der Waals surface area contributed by atoms with Gasteiger partial charge in [-0.05, 0) is 16.5 Å². The third kappa shape index (κ3) is 7.75. The Bertz CT molecular complexity index is 1470. The first-order valence-electron chi connectivity index (χ1n) is 11.6. The first-order chi connectivity index (χ1) is 17.9. The third-order valence-corrected chi connectivity index (χ3v) is 5.50. The molecule has 0 bridgehead atoms. The van der Waals surface area contributed by atoms with Gasteiger partial charge in [0.25, 0.3) is 0 Å². The van der Waals surface area contributed by atoms with E-state index in [4.69, 9.17) is 4.74 Å². The zero-order valence-corrected chi connectivity index (χ0v) is 25.7. The van der Waals surface area contributed by atoms with Gasteiger partial charge in [-0.1, -0.05) is 42.1 Å². The summed E-state index contributed by atoms with van der Waals surface area (Å²) in [5, 5.41) is 2.38. The van der Waals surface area contributed by atoms with Crippen molar-refractivity contribution < 1.29 is 57.6 Å². The second-order valence-electron chi connectivity index (χ2n) is 7.92. The van der Waals surface area contributed by atoms with E-state index in [0.717, 1.165) is 33.8 Å². The van der Waals surface area contributed by atoms with Gasteiger partial charge in [0.1, 0.15) is 0 Å². The molecule has 0 aliphatic carbocycles. The maximum Gasteiger partial charge on any atom is 0.0778 e. The molecule has 0 amide bonds. The van der Waals surface area contributed by atoms with E-state index < -0.39 is 0 Å². The monoisotopic (exact) mass is 744 g/mol. The largest absolute Gasteiger partial charge is 0.518 e. The van der Waals surface area contributed by atoms with Crippen molar-refractivity contribution in [2.45, 2.75) is 6.61 Å². The van der Waals surface area contributed by atoms with Crippen LogP contribution in [0, 0.1) is 24.4 Å². The molecule has 1 aliphatic rings. The van der Waals surface area contributed by atoms with Crippen LogP contribution in [-0.2, 0) is 59.4 Å². The number of benzene rings is 4. The fourth-order valence-corrected chi connectivity index (χ4v) is 3.74. The first-order valence-corrected chi connectivity index (χ1v) is 11.6. The van der Waals surface area contributed by atoms with Crippen molar-refractivity contribution in [1.29, 1.82) is 0 Å². The second kappa shape index (κ2) is 15.4. The molecule has 0 fully saturated rings. The van der Waals surface area contributed by atoms with E-state index in [9.17, 15) is 0 Å². The Labute approximate surface area is 262 Å². The molecule has 3 heterocycles. The molecule has 4 aromatic carbocycles. The summed E-state index contributed by atoms with van der Waals surface area (Å²) in [6, 6.07) is 46.6. The minimum Gasteiger partial charge on any atom is -0.518 e. The molecule has 0 N–H and O–H groups in total. The van der Waals surface area contributed by atoms with E-state index in [2.05, 4.69) is 52.6 Å². The Balaban J connectivity index is 0.000000167. The van der Waals surface area contributed by atoms with Crippen LogP contribution < -0.4 is 4.74 Å². The fourth-order valence-electron chi connectivity index (χ4n) is 3.74. The number of aromatic nitrogens is 2. The summed E-state index contributed by atoms with van der Waals surface area (Å²) in [7, 11) is 0. The summed E-state index contributed by atoms with van der Waals surface area (Å²) in [5.41, 5.74) is 5.01. The molecule has 186 valence electrons. The van der Waals surface area contributed by atoms with Crippen molar-refractivity contribution in [2.75, 3.05) is 0 Å². The van der Waals surface area contributed by atoms with Crippen molar-refractivity contribution in [3.05, 3.63) is 151 Å². The van der Waals surface area contributed by atoms with Gasteiger partial charge in [0.2, 0.25) is 0 Å². The third-order valence-electron chi connectivity index (χ3n) is 5.50. The average Bonchev–Trinajstić information content (AvgIpc) is 2.99. The predicted molar refractivity (Wildman–Crippen MR) is 143 cm³/mol. The van der Waals surface area contributed by atoms with E-state index in [1.54, 1.807) is 6.07 Å². The molecular weight excluding hydrogens is 721 g/mol. The molecule has 0 saturated heterocycles. The van der Waals surface area contributed by atoms with Crippen molar-refractivity contribution in [2.24, 2.45) is 0 Å². The molecule has 0 unspecified atom stereocenters. The zero-order valence-electron chi connectivity index (χ0n) is 20.5. The van der Waals surface area contributed by atoms with Crippen LogP contribution in [0.5, 0.6) is 5.75 Å². The molecule has 0 spiro atoms. The van der Waals surface area contributed by atoms with E-state index in [0.29, 0.717) is 6.61 Å². The van der Waals surface area contributed by atoms with E-state index in [-0.39, 0.29) is 52.8 Å². The normalized spacial score (nSPS) is 10.3. The fraction of sp³-hybridized carbons (Fsp3) is 0.0303. The standard InChI is InChI=1S/C15H10N.C12H7NO.C6H5.Ir.Y/c1-2-6-12(7-3-1)15-10-13-8-4-5-9-14(13)11-16-15;1-2-5-10-9(4-1)8-14-11-6-3-7-13-12(10)11;1-2-4-6-5-3-1;;/h1-6,8-11H;1-4,6H,8H2;1-5H;;/q-1;-2;-1;;. The topological polar surface area (TPSA) is 35.0 Å². The van der Waals surface area contributed by atoms with Gasteiger partial charge in [0, 0.05) is 70.5 Å². The van der Waals surface area contributed by atoms with E-state index in [1.807, 2.05) is 97.2 Å². The minimum atomic E-state index is 0. The maximum atomic E-state index is 5.55. The molecule has 7 rings (SSSR count). The van der Waals surface area contributed by atoms with E-state index in [1.165, 1.54) is 10.8 Å². The van der Waals surface area contributed by atoms with Crippen LogP contribution in [0.15, 0.2) is 121 Å². The van der Waals surface area contributed by atoms with Gasteiger partial charge in [0.05, 0.1) is 6.61 Å². The van der Waals surface area contributed by atoms with Crippen molar-refractivity contribution in [3.8, 4) is 28.3 Å². The average molecular weight is 744 g/mol. The Morgan fingerprint density at radius 3 is 2.21 bits per heavy atom. The van der Waals surface area contributed by atoms with Gasteiger partial charge in [-0.15, -0.1) is 71.8 Å². The van der Waals surface area contributed by atoms with Crippen LogP contribution in [0.1, 0.15) is 5.56 Å². The van der Waals surface area contributed by atoms with Crippen LogP contribution in [0.25, 0.3) is 33.3 Å². The summed E-state index contributed by atoms with van der Waals surface area (Å²) in [5.74, 6) is 0.818. The van der Waals surface area contributed by atoms with E-state index >= 15 is 0 Å². The summed E-state index contributed by atoms with van der Waals surface area (Å²) in [4.78, 5) is 8.63. The van der Waals surface area contributed by atoms with Crippen LogP contribution in [0.3, 0.4) is 0 Å². The van der Waals surface area contributed by atoms with Gasteiger partial charge < -0.3 is 14.7 Å². The quantitative estimate of drug-likeness (QED) is 0.165. The number of pyridine rings is 2. The summed E-state index contributed by atoms with van der Waals surface area (Å²) in [6.45, 7) is 0.603.